The van der Waals surface area contributed by atoms with Crippen LogP contribution < -0.4 is 5.73 Å². The van der Waals surface area contributed by atoms with E-state index in [1.54, 1.807) is 0 Å². The lowest BCUT2D eigenvalue weighted by molar-refractivity contribution is 0.363. The van der Waals surface area contributed by atoms with Gasteiger partial charge in [0.25, 0.3) is 0 Å². The van der Waals surface area contributed by atoms with Gasteiger partial charge in [-0.25, -0.2) is 14.6 Å². The highest BCUT2D eigenvalue weighted by Gasteiger charge is 2.23. The molecule has 2 N–H and O–H groups in total. The molecule has 25 heavy (non-hydrogen) atoms. The molecule has 0 unspecified atom stereocenters. The van der Waals surface area contributed by atoms with Gasteiger partial charge in [0.1, 0.15) is 12.1 Å². The quantitative estimate of drug-likeness (QED) is 0.604. The number of nitrogens with zero attached hydrogens (tertiary/aromatic N) is 4. The highest BCUT2D eigenvalue weighted by molar-refractivity contribution is 5.89. The maximum atomic E-state index is 6.15. The molecule has 0 fully saturated rings. The molecule has 4 aromatic rings. The van der Waals surface area contributed by atoms with Crippen LogP contribution >= 0.6 is 0 Å². The van der Waals surface area contributed by atoms with Crippen LogP contribution in [-0.2, 0) is 12.0 Å². The zero-order valence-corrected chi connectivity index (χ0v) is 14.7. The summed E-state index contributed by atoms with van der Waals surface area (Å²) in [6, 6.07) is 14.9. The minimum atomic E-state index is -0.180. The second kappa shape index (κ2) is 5.55. The number of nitrogen functional groups attached to an aromatic ring is 1. The maximum absolute atomic E-state index is 6.15. The van der Waals surface area contributed by atoms with Gasteiger partial charge in [-0.1, -0.05) is 42.5 Å². The highest BCUT2D eigenvalue weighted by atomic mass is 15.3. The lowest BCUT2D eigenvalue weighted by Crippen LogP contribution is -2.23. The molecule has 5 nitrogen and oxygen atoms in total. The number of benzene rings is 2. The summed E-state index contributed by atoms with van der Waals surface area (Å²) in [6.07, 6.45) is 2.20. The molecule has 2 aromatic heterocycles. The molecule has 4 rings (SSSR count). The van der Waals surface area contributed by atoms with Crippen molar-refractivity contribution in [1.82, 2.24) is 19.7 Å². The molecule has 0 aliphatic heterocycles. The van der Waals surface area contributed by atoms with Crippen molar-refractivity contribution in [3.63, 3.8) is 0 Å². The Morgan fingerprint density at radius 3 is 2.52 bits per heavy atom. The molecule has 0 atom stereocenters. The Morgan fingerprint density at radius 2 is 1.76 bits per heavy atom. The summed E-state index contributed by atoms with van der Waals surface area (Å²) in [5.74, 6) is 0.483. The molecule has 5 heteroatoms. The molecule has 2 aromatic carbocycles. The first kappa shape index (κ1) is 15.6. The third kappa shape index (κ3) is 2.71. The molecule has 0 spiro atoms. The van der Waals surface area contributed by atoms with Crippen LogP contribution in [0.3, 0.4) is 0 Å². The monoisotopic (exact) mass is 331 g/mol. The van der Waals surface area contributed by atoms with E-state index in [2.05, 4.69) is 73.2 Å². The molecular weight excluding hydrogens is 310 g/mol. The second-order valence-corrected chi connectivity index (χ2v) is 7.35. The Labute approximate surface area is 146 Å². The van der Waals surface area contributed by atoms with Gasteiger partial charge < -0.3 is 5.73 Å². The second-order valence-electron chi connectivity index (χ2n) is 7.35. The van der Waals surface area contributed by atoms with E-state index in [0.29, 0.717) is 12.2 Å². The predicted molar refractivity (Wildman–Crippen MR) is 101 cm³/mol. The van der Waals surface area contributed by atoms with Crippen molar-refractivity contribution in [1.29, 1.82) is 0 Å². The van der Waals surface area contributed by atoms with E-state index in [1.807, 2.05) is 4.68 Å². The Kier molecular flexibility index (Phi) is 3.46. The minimum absolute atomic E-state index is 0.180. The molecule has 0 aliphatic rings. The molecular formula is C20H21N5. The molecule has 0 amide bonds. The zero-order valence-electron chi connectivity index (χ0n) is 14.7. The SMILES string of the molecule is CC(C)(C)n1nc(Cc2ccc3ccccc3c2)c2c(N)ncnc21. The summed E-state index contributed by atoms with van der Waals surface area (Å²) >= 11 is 0. The lowest BCUT2D eigenvalue weighted by atomic mass is 10.0. The third-order valence-electron chi connectivity index (χ3n) is 4.39. The van der Waals surface area contributed by atoms with Crippen LogP contribution in [0, 0.1) is 0 Å². The van der Waals surface area contributed by atoms with E-state index < -0.39 is 0 Å². The van der Waals surface area contributed by atoms with Crippen molar-refractivity contribution in [3.8, 4) is 0 Å². The molecule has 0 radical (unpaired) electrons. The van der Waals surface area contributed by atoms with Gasteiger partial charge in [0.15, 0.2) is 5.65 Å². The zero-order chi connectivity index (χ0) is 17.6. The lowest BCUT2D eigenvalue weighted by Gasteiger charge is -2.19. The van der Waals surface area contributed by atoms with Crippen LogP contribution in [0.5, 0.6) is 0 Å². The number of fused-ring (bicyclic) bond motifs is 2. The Hall–Kier alpha value is -2.95. The van der Waals surface area contributed by atoms with Gasteiger partial charge in [-0.2, -0.15) is 5.10 Å². The fourth-order valence-corrected chi connectivity index (χ4v) is 3.18. The largest absolute Gasteiger partial charge is 0.383 e. The van der Waals surface area contributed by atoms with Crippen LogP contribution in [0.4, 0.5) is 5.82 Å². The average Bonchev–Trinajstić information content (AvgIpc) is 2.95. The number of hydrogen-bond acceptors (Lipinski definition) is 4. The van der Waals surface area contributed by atoms with Gasteiger partial charge in [0, 0.05) is 6.42 Å². The molecule has 126 valence electrons. The van der Waals surface area contributed by atoms with E-state index in [0.717, 1.165) is 16.7 Å². The van der Waals surface area contributed by atoms with E-state index in [9.17, 15) is 0 Å². The maximum Gasteiger partial charge on any atom is 0.164 e. The fraction of sp³-hybridized carbons (Fsp3) is 0.250. The van der Waals surface area contributed by atoms with Crippen molar-refractivity contribution in [2.75, 3.05) is 5.73 Å². The first-order valence-corrected chi connectivity index (χ1v) is 8.40. The molecule has 0 saturated heterocycles. The molecule has 0 bridgehead atoms. The van der Waals surface area contributed by atoms with Crippen molar-refractivity contribution in [2.45, 2.75) is 32.7 Å². The number of aromatic nitrogens is 4. The van der Waals surface area contributed by atoms with Crippen LogP contribution in [-0.4, -0.2) is 19.7 Å². The first-order valence-electron chi connectivity index (χ1n) is 8.40. The van der Waals surface area contributed by atoms with E-state index >= 15 is 0 Å². The summed E-state index contributed by atoms with van der Waals surface area (Å²) in [6.45, 7) is 6.33. The highest BCUT2D eigenvalue weighted by Crippen LogP contribution is 2.28. The van der Waals surface area contributed by atoms with Crippen LogP contribution in [0.1, 0.15) is 32.0 Å². The van der Waals surface area contributed by atoms with Crippen molar-refractivity contribution in [3.05, 3.63) is 60.0 Å². The summed E-state index contributed by atoms with van der Waals surface area (Å²) in [4.78, 5) is 8.60. The minimum Gasteiger partial charge on any atom is -0.383 e. The summed E-state index contributed by atoms with van der Waals surface area (Å²) in [5, 5.41) is 8.14. The van der Waals surface area contributed by atoms with Gasteiger partial charge in [0.2, 0.25) is 0 Å². The van der Waals surface area contributed by atoms with Gasteiger partial charge in [-0.15, -0.1) is 0 Å². The van der Waals surface area contributed by atoms with E-state index in [4.69, 9.17) is 10.8 Å². The standard InChI is InChI=1S/C20H21N5/c1-20(2,3)25-19-17(18(21)22-12-23-19)16(24-25)11-13-8-9-14-6-4-5-7-15(14)10-13/h4-10,12H,11H2,1-3H3,(H2,21,22,23). The van der Waals surface area contributed by atoms with Crippen molar-refractivity contribution >= 4 is 27.6 Å². The Balaban J connectivity index is 1.85. The fourth-order valence-electron chi connectivity index (χ4n) is 3.18. The number of hydrogen-bond donors (Lipinski definition) is 1. The predicted octanol–water partition coefficient (Wildman–Crippen LogP) is 3.91. The van der Waals surface area contributed by atoms with Gasteiger partial charge in [0.05, 0.1) is 16.6 Å². The molecule has 2 heterocycles. The molecule has 0 aliphatic carbocycles. The van der Waals surface area contributed by atoms with Crippen molar-refractivity contribution < 1.29 is 0 Å². The first-order chi connectivity index (χ1) is 11.9. The van der Waals surface area contributed by atoms with Crippen LogP contribution in [0.15, 0.2) is 48.8 Å². The summed E-state index contributed by atoms with van der Waals surface area (Å²) in [5.41, 5.74) is 8.87. The topological polar surface area (TPSA) is 69.6 Å². The van der Waals surface area contributed by atoms with Crippen LogP contribution in [0.25, 0.3) is 21.8 Å². The number of anilines is 1. The van der Waals surface area contributed by atoms with Gasteiger partial charge in [-0.3, -0.25) is 0 Å². The van der Waals surface area contributed by atoms with E-state index in [1.165, 1.54) is 22.7 Å². The summed E-state index contributed by atoms with van der Waals surface area (Å²) < 4.78 is 1.94. The Bertz CT molecular complexity index is 1070. The number of nitrogens with two attached hydrogens (primary N) is 1. The van der Waals surface area contributed by atoms with Gasteiger partial charge in [-0.05, 0) is 37.1 Å². The van der Waals surface area contributed by atoms with Crippen molar-refractivity contribution in [2.24, 2.45) is 0 Å². The van der Waals surface area contributed by atoms with E-state index in [-0.39, 0.29) is 5.54 Å². The summed E-state index contributed by atoms with van der Waals surface area (Å²) in [7, 11) is 0. The average molecular weight is 331 g/mol. The third-order valence-corrected chi connectivity index (χ3v) is 4.39. The van der Waals surface area contributed by atoms with Gasteiger partial charge >= 0.3 is 0 Å². The van der Waals surface area contributed by atoms with Crippen LogP contribution in [0.2, 0.25) is 0 Å². The smallest absolute Gasteiger partial charge is 0.164 e. The number of rotatable bonds is 2. The molecule has 0 saturated carbocycles. The normalized spacial score (nSPS) is 12.1. The Morgan fingerprint density at radius 1 is 1.00 bits per heavy atom.